The third-order valence-corrected chi connectivity index (χ3v) is 6.01. The van der Waals surface area contributed by atoms with Crippen LogP contribution in [0.15, 0.2) is 23.1 Å². The zero-order valence-corrected chi connectivity index (χ0v) is 16.8. The van der Waals surface area contributed by atoms with Crippen molar-refractivity contribution in [2.45, 2.75) is 31.3 Å². The van der Waals surface area contributed by atoms with Gasteiger partial charge in [-0.3, -0.25) is 14.4 Å². The van der Waals surface area contributed by atoms with Gasteiger partial charge in [0.25, 0.3) is 11.8 Å². The highest BCUT2D eigenvalue weighted by Crippen LogP contribution is 2.37. The fourth-order valence-electron chi connectivity index (χ4n) is 4.31. The summed E-state index contributed by atoms with van der Waals surface area (Å²) >= 11 is 0. The molecular formula is C21H19F4N3O4. The van der Waals surface area contributed by atoms with Crippen molar-refractivity contribution in [3.8, 4) is 5.75 Å². The van der Waals surface area contributed by atoms with Gasteiger partial charge in [0.05, 0.1) is 5.54 Å². The predicted octanol–water partition coefficient (Wildman–Crippen LogP) is 2.21. The Balaban J connectivity index is 1.73. The number of benzene rings is 1. The third kappa shape index (κ3) is 3.41. The molecular weight excluding hydrogens is 434 g/mol. The molecule has 11 heteroatoms. The van der Waals surface area contributed by atoms with Crippen molar-refractivity contribution >= 4 is 11.8 Å². The van der Waals surface area contributed by atoms with Crippen LogP contribution in [-0.2, 0) is 12.1 Å². The minimum absolute atomic E-state index is 0.0186. The summed E-state index contributed by atoms with van der Waals surface area (Å²) < 4.78 is 56.1. The Kier molecular flexibility index (Phi) is 5.43. The molecule has 1 unspecified atom stereocenters. The summed E-state index contributed by atoms with van der Waals surface area (Å²) in [6.07, 6.45) is 2.53. The van der Waals surface area contributed by atoms with Crippen LogP contribution in [0.2, 0.25) is 0 Å². The first kappa shape index (κ1) is 21.8. The van der Waals surface area contributed by atoms with Gasteiger partial charge in [-0.2, -0.15) is 0 Å². The van der Waals surface area contributed by atoms with Crippen LogP contribution < -0.4 is 10.7 Å². The summed E-state index contributed by atoms with van der Waals surface area (Å²) in [4.78, 5) is 39.4. The van der Waals surface area contributed by atoms with E-state index in [9.17, 15) is 37.1 Å². The average Bonchev–Trinajstić information content (AvgIpc) is 2.94. The predicted molar refractivity (Wildman–Crippen MR) is 104 cm³/mol. The molecule has 1 fully saturated rings. The molecule has 1 aromatic carbocycles. The van der Waals surface area contributed by atoms with E-state index in [1.165, 1.54) is 4.90 Å². The van der Waals surface area contributed by atoms with E-state index in [0.29, 0.717) is 37.9 Å². The van der Waals surface area contributed by atoms with E-state index in [1.54, 1.807) is 0 Å². The van der Waals surface area contributed by atoms with Crippen LogP contribution in [0.25, 0.3) is 0 Å². The molecule has 170 valence electrons. The van der Waals surface area contributed by atoms with Gasteiger partial charge in [0.2, 0.25) is 5.43 Å². The number of aromatic nitrogens is 1. The van der Waals surface area contributed by atoms with Crippen molar-refractivity contribution in [3.63, 3.8) is 0 Å². The number of pyridine rings is 1. The summed E-state index contributed by atoms with van der Waals surface area (Å²) in [5.74, 6) is -6.33. The molecule has 2 bridgehead atoms. The van der Waals surface area contributed by atoms with Crippen LogP contribution in [0.3, 0.4) is 0 Å². The van der Waals surface area contributed by atoms with Gasteiger partial charge in [0.1, 0.15) is 29.7 Å². The second kappa shape index (κ2) is 7.95. The number of fused-ring (bicyclic) bond motifs is 4. The molecule has 1 aromatic heterocycles. The molecule has 2 aromatic rings. The first-order chi connectivity index (χ1) is 15.2. The lowest BCUT2D eigenvalue weighted by Gasteiger charge is -2.42. The monoisotopic (exact) mass is 453 g/mol. The number of hydrogen-bond donors (Lipinski definition) is 2. The van der Waals surface area contributed by atoms with Crippen molar-refractivity contribution < 1.29 is 32.3 Å². The molecule has 4 rings (SSSR count). The maximum absolute atomic E-state index is 14.3. The summed E-state index contributed by atoms with van der Waals surface area (Å²) in [6, 6.07) is 0.886. The maximum atomic E-state index is 14.3. The molecule has 7 nitrogen and oxygen atoms in total. The average molecular weight is 453 g/mol. The number of hydrogen-bond acceptors (Lipinski definition) is 4. The van der Waals surface area contributed by atoms with E-state index in [4.69, 9.17) is 0 Å². The SMILES string of the molecule is O=C(NCc1c(F)cc(F)cc1F)c1cn2c(c(O)c1=O)C(=O)N1CCCCC2(CF)C1. The molecule has 0 aliphatic carbocycles. The lowest BCUT2D eigenvalue weighted by Crippen LogP contribution is -2.55. The standard InChI is InChI=1S/C21H19F4N3O4/c22-9-21-3-1-2-4-27(10-21)20(32)16-18(30)17(29)13(8-28(16)21)19(31)26-7-12-14(24)5-11(23)6-15(12)25/h5-6,8,30H,1-4,7,9-10H2,(H,26,31). The van der Waals surface area contributed by atoms with Gasteiger partial charge in [-0.1, -0.05) is 0 Å². The van der Waals surface area contributed by atoms with Crippen molar-refractivity contribution in [2.24, 2.45) is 0 Å². The highest BCUT2D eigenvalue weighted by atomic mass is 19.1. The summed E-state index contributed by atoms with van der Waals surface area (Å²) in [5, 5.41) is 12.6. The zero-order chi connectivity index (χ0) is 23.2. The van der Waals surface area contributed by atoms with Gasteiger partial charge in [-0.25, -0.2) is 17.6 Å². The Morgan fingerprint density at radius 1 is 1.16 bits per heavy atom. The topological polar surface area (TPSA) is 91.6 Å². The molecule has 1 saturated heterocycles. The van der Waals surface area contributed by atoms with E-state index in [0.717, 1.165) is 10.8 Å². The summed E-state index contributed by atoms with van der Waals surface area (Å²) in [7, 11) is 0. The Labute approximate surface area is 179 Å². The number of halogens is 4. The Morgan fingerprint density at radius 2 is 1.84 bits per heavy atom. The number of carbonyl (C=O) groups is 2. The third-order valence-electron chi connectivity index (χ3n) is 6.01. The number of aromatic hydroxyl groups is 1. The number of amides is 2. The van der Waals surface area contributed by atoms with Crippen LogP contribution in [0.1, 0.15) is 45.7 Å². The van der Waals surface area contributed by atoms with Gasteiger partial charge >= 0.3 is 0 Å². The largest absolute Gasteiger partial charge is 0.503 e. The molecule has 2 amide bonds. The van der Waals surface area contributed by atoms with Crippen LogP contribution in [0, 0.1) is 17.5 Å². The second-order valence-corrected chi connectivity index (χ2v) is 8.01. The lowest BCUT2D eigenvalue weighted by atomic mass is 9.91. The van der Waals surface area contributed by atoms with Gasteiger partial charge in [0.15, 0.2) is 11.4 Å². The molecule has 0 radical (unpaired) electrons. The van der Waals surface area contributed by atoms with Gasteiger partial charge < -0.3 is 19.9 Å². The number of alkyl halides is 1. The molecule has 32 heavy (non-hydrogen) atoms. The first-order valence-corrected chi connectivity index (χ1v) is 9.94. The zero-order valence-electron chi connectivity index (χ0n) is 16.8. The Morgan fingerprint density at radius 3 is 2.50 bits per heavy atom. The number of carbonyl (C=O) groups excluding carboxylic acids is 2. The van der Waals surface area contributed by atoms with E-state index >= 15 is 0 Å². The van der Waals surface area contributed by atoms with Crippen LogP contribution in [0.5, 0.6) is 5.75 Å². The fourth-order valence-corrected chi connectivity index (χ4v) is 4.31. The normalized spacial score (nSPS) is 20.0. The van der Waals surface area contributed by atoms with E-state index in [1.807, 2.05) is 0 Å². The molecule has 0 spiro atoms. The van der Waals surface area contributed by atoms with Crippen molar-refractivity contribution in [2.75, 3.05) is 19.8 Å². The Bertz CT molecular complexity index is 1160. The minimum atomic E-state index is -1.25. The summed E-state index contributed by atoms with van der Waals surface area (Å²) in [6.45, 7) is -1.24. The fraction of sp³-hybridized carbons (Fsp3) is 0.381. The van der Waals surface area contributed by atoms with Crippen LogP contribution in [0.4, 0.5) is 17.6 Å². The molecule has 2 N–H and O–H groups in total. The highest BCUT2D eigenvalue weighted by molar-refractivity contribution is 5.99. The smallest absolute Gasteiger partial charge is 0.274 e. The van der Waals surface area contributed by atoms with Crippen molar-refractivity contribution in [1.29, 1.82) is 0 Å². The second-order valence-electron chi connectivity index (χ2n) is 8.01. The van der Waals surface area contributed by atoms with Crippen LogP contribution in [-0.4, -0.2) is 46.2 Å². The lowest BCUT2D eigenvalue weighted by molar-refractivity contribution is 0.0516. The Hall–Kier alpha value is -3.37. The van der Waals surface area contributed by atoms with Gasteiger partial charge in [0, 0.05) is 43.5 Å². The number of nitrogens with one attached hydrogen (secondary N) is 1. The minimum Gasteiger partial charge on any atom is -0.503 e. The highest BCUT2D eigenvalue weighted by Gasteiger charge is 2.46. The van der Waals surface area contributed by atoms with E-state index < -0.39 is 76.0 Å². The molecule has 1 atom stereocenters. The number of nitrogens with zero attached hydrogens (tertiary/aromatic N) is 2. The van der Waals surface area contributed by atoms with Gasteiger partial charge in [-0.05, 0) is 19.3 Å². The van der Waals surface area contributed by atoms with Crippen LogP contribution >= 0.6 is 0 Å². The van der Waals surface area contributed by atoms with E-state index in [2.05, 4.69) is 5.32 Å². The van der Waals surface area contributed by atoms with Crippen molar-refractivity contribution in [3.05, 3.63) is 62.8 Å². The molecule has 2 aliphatic rings. The van der Waals surface area contributed by atoms with Gasteiger partial charge in [-0.15, -0.1) is 0 Å². The maximum Gasteiger partial charge on any atom is 0.274 e. The molecule has 2 aliphatic heterocycles. The van der Waals surface area contributed by atoms with Crippen molar-refractivity contribution in [1.82, 2.24) is 14.8 Å². The first-order valence-electron chi connectivity index (χ1n) is 9.94. The summed E-state index contributed by atoms with van der Waals surface area (Å²) in [5.41, 5.74) is -4.07. The van der Waals surface area contributed by atoms with E-state index in [-0.39, 0.29) is 6.54 Å². The molecule has 3 heterocycles. The quantitative estimate of drug-likeness (QED) is 0.695. The molecule has 0 saturated carbocycles. The number of rotatable bonds is 4.